The molecule has 38 heavy (non-hydrogen) atoms. The first-order valence-corrected chi connectivity index (χ1v) is 12.1. The molecule has 1 N–H and O–H groups in total. The molecule has 1 aliphatic heterocycles. The van der Waals surface area contributed by atoms with Crippen molar-refractivity contribution in [1.82, 2.24) is 4.90 Å². The fourth-order valence-electron chi connectivity index (χ4n) is 5.31. The number of hydrogen-bond acceptors (Lipinski definition) is 5. The molecular weight excluding hydrogens is 551 g/mol. The molecule has 12 heteroatoms. The Morgan fingerprint density at radius 2 is 1.82 bits per heavy atom. The topological polar surface area (TPSA) is 90.6 Å². The van der Waals surface area contributed by atoms with Gasteiger partial charge >= 0.3 is 18.0 Å². The van der Waals surface area contributed by atoms with E-state index in [-0.39, 0.29) is 21.9 Å². The summed E-state index contributed by atoms with van der Waals surface area (Å²) in [6.45, 7) is 6.53. The zero-order valence-electron chi connectivity index (χ0n) is 20.7. The van der Waals surface area contributed by atoms with Gasteiger partial charge in [0.2, 0.25) is 0 Å². The van der Waals surface area contributed by atoms with E-state index in [2.05, 4.69) is 4.94 Å². The SMILES string of the molecule is Cc1cc([C@@]2(C#N)[C@H](CC(C)(C)C)N(C(F)(F)C(=O)OF)[C@@H](C(=O)O)[C@@H]2c2cccc(Cl)c2F)ccc1Cl. The summed E-state index contributed by atoms with van der Waals surface area (Å²) in [6, 6.07) is 0.781. The molecule has 3 rings (SSSR count). The van der Waals surface area contributed by atoms with Crippen LogP contribution in [-0.4, -0.2) is 40.1 Å². The zero-order chi connectivity index (χ0) is 28.8. The number of carbonyl (C=O) groups excluding carboxylic acids is 1. The van der Waals surface area contributed by atoms with E-state index < -0.39 is 63.2 Å². The predicted molar refractivity (Wildman–Crippen MR) is 131 cm³/mol. The maximum absolute atomic E-state index is 15.7. The number of benzene rings is 2. The number of rotatable bonds is 6. The van der Waals surface area contributed by atoms with E-state index in [1.165, 1.54) is 30.3 Å². The van der Waals surface area contributed by atoms with Crippen molar-refractivity contribution in [3.8, 4) is 6.07 Å². The summed E-state index contributed by atoms with van der Waals surface area (Å²) in [5, 5.41) is 20.9. The maximum Gasteiger partial charge on any atom is 0.434 e. The number of carboxylic acids is 1. The van der Waals surface area contributed by atoms with Crippen LogP contribution in [0.4, 0.5) is 17.7 Å². The molecule has 0 spiro atoms. The van der Waals surface area contributed by atoms with Gasteiger partial charge in [0.15, 0.2) is 0 Å². The molecule has 0 unspecified atom stereocenters. The van der Waals surface area contributed by atoms with Gasteiger partial charge in [-0.25, -0.2) is 19.0 Å². The second-order valence-electron chi connectivity index (χ2n) is 10.4. The maximum atomic E-state index is 15.7. The van der Waals surface area contributed by atoms with Crippen LogP contribution in [0.25, 0.3) is 0 Å². The second-order valence-corrected chi connectivity index (χ2v) is 11.3. The van der Waals surface area contributed by atoms with Crippen LogP contribution in [-0.2, 0) is 19.9 Å². The van der Waals surface area contributed by atoms with Gasteiger partial charge in [0, 0.05) is 21.5 Å². The molecule has 0 amide bonds. The first-order chi connectivity index (χ1) is 17.5. The van der Waals surface area contributed by atoms with Gasteiger partial charge in [0.1, 0.15) is 17.3 Å². The number of halogens is 6. The van der Waals surface area contributed by atoms with Gasteiger partial charge in [-0.1, -0.05) is 68.2 Å². The molecule has 1 aliphatic rings. The normalized spacial score (nSPS) is 24.2. The van der Waals surface area contributed by atoms with Crippen LogP contribution in [0.2, 0.25) is 10.0 Å². The average molecular weight is 575 g/mol. The van der Waals surface area contributed by atoms with E-state index in [1.54, 1.807) is 27.7 Å². The van der Waals surface area contributed by atoms with Crippen molar-refractivity contribution in [2.75, 3.05) is 0 Å². The molecule has 2 aromatic rings. The van der Waals surface area contributed by atoms with Crippen molar-refractivity contribution in [1.29, 1.82) is 5.26 Å². The minimum Gasteiger partial charge on any atom is -0.480 e. The van der Waals surface area contributed by atoms with Crippen LogP contribution in [0.3, 0.4) is 0 Å². The van der Waals surface area contributed by atoms with E-state index in [1.807, 2.05) is 6.07 Å². The molecule has 1 fully saturated rings. The molecule has 0 bridgehead atoms. The lowest BCUT2D eigenvalue weighted by Gasteiger charge is -2.40. The van der Waals surface area contributed by atoms with Gasteiger partial charge in [0.05, 0.1) is 11.1 Å². The van der Waals surface area contributed by atoms with Crippen molar-refractivity contribution in [3.05, 3.63) is 69.0 Å². The summed E-state index contributed by atoms with van der Waals surface area (Å²) in [5.41, 5.74) is -3.01. The summed E-state index contributed by atoms with van der Waals surface area (Å²) in [5.74, 6) is -7.53. The smallest absolute Gasteiger partial charge is 0.434 e. The Balaban J connectivity index is 2.57. The van der Waals surface area contributed by atoms with E-state index in [0.717, 1.165) is 6.07 Å². The monoisotopic (exact) mass is 574 g/mol. The number of nitrogens with zero attached hydrogens (tertiary/aromatic N) is 2. The highest BCUT2D eigenvalue weighted by Crippen LogP contribution is 2.58. The summed E-state index contributed by atoms with van der Waals surface area (Å²) >= 11 is 12.2. The third kappa shape index (κ3) is 4.83. The summed E-state index contributed by atoms with van der Waals surface area (Å²) in [6.07, 6.45) is -0.292. The lowest BCUT2D eigenvalue weighted by Crippen LogP contribution is -2.58. The van der Waals surface area contributed by atoms with Crippen molar-refractivity contribution in [3.63, 3.8) is 0 Å². The van der Waals surface area contributed by atoms with Crippen LogP contribution < -0.4 is 0 Å². The van der Waals surface area contributed by atoms with Crippen molar-refractivity contribution < 1.29 is 37.3 Å². The largest absolute Gasteiger partial charge is 0.480 e. The highest BCUT2D eigenvalue weighted by molar-refractivity contribution is 6.31. The summed E-state index contributed by atoms with van der Waals surface area (Å²) < 4.78 is 59.8. The van der Waals surface area contributed by atoms with Gasteiger partial charge in [-0.05, 0) is 47.6 Å². The molecule has 0 saturated carbocycles. The van der Waals surface area contributed by atoms with Crippen LogP contribution in [0.5, 0.6) is 0 Å². The molecule has 1 saturated heterocycles. The summed E-state index contributed by atoms with van der Waals surface area (Å²) in [4.78, 5) is 27.5. The third-order valence-corrected chi connectivity index (χ3v) is 7.52. The Hall–Kier alpha value is -2.87. The van der Waals surface area contributed by atoms with Crippen LogP contribution in [0.1, 0.15) is 49.8 Å². The average Bonchev–Trinajstić information content (AvgIpc) is 3.12. The minimum atomic E-state index is -4.86. The van der Waals surface area contributed by atoms with E-state index >= 15 is 13.2 Å². The second kappa shape index (κ2) is 10.4. The highest BCUT2D eigenvalue weighted by Gasteiger charge is 2.71. The molecule has 0 aliphatic carbocycles. The van der Waals surface area contributed by atoms with Crippen LogP contribution in [0.15, 0.2) is 36.4 Å². The lowest BCUT2D eigenvalue weighted by molar-refractivity contribution is -0.245. The highest BCUT2D eigenvalue weighted by atomic mass is 35.5. The number of aryl methyl sites for hydroxylation is 1. The Morgan fingerprint density at radius 3 is 2.32 bits per heavy atom. The summed E-state index contributed by atoms with van der Waals surface area (Å²) in [7, 11) is 0. The fraction of sp³-hybridized carbons (Fsp3) is 0.423. The number of nitriles is 1. The van der Waals surface area contributed by atoms with E-state index in [4.69, 9.17) is 23.2 Å². The fourth-order valence-corrected chi connectivity index (χ4v) is 5.61. The molecule has 2 aromatic carbocycles. The number of carboxylic acid groups (broad SMARTS) is 1. The van der Waals surface area contributed by atoms with Gasteiger partial charge in [0.25, 0.3) is 0 Å². The lowest BCUT2D eigenvalue weighted by atomic mass is 9.62. The standard InChI is InChI=1S/C26H24Cl2F4N2O4/c1-13-10-14(8-9-16(13)27)25(12-33)18(11-24(2,3)4)34(26(30,31)23(37)38-32)21(22(35)36)19(25)15-6-5-7-17(28)20(15)29/h5-10,18-19,21H,11H2,1-4H3,(H,35,36)/t18-,19-,21+,25-/m0/s1. The molecule has 6 nitrogen and oxygen atoms in total. The Labute approximate surface area is 226 Å². The third-order valence-electron chi connectivity index (χ3n) is 6.80. The number of hydrogen-bond donors (Lipinski definition) is 1. The van der Waals surface area contributed by atoms with Crippen molar-refractivity contribution in [2.24, 2.45) is 5.41 Å². The molecule has 1 heterocycles. The molecular formula is C26H24Cl2F4N2O4. The molecule has 204 valence electrons. The van der Waals surface area contributed by atoms with E-state index in [9.17, 15) is 24.5 Å². The van der Waals surface area contributed by atoms with Gasteiger partial charge in [-0.2, -0.15) is 14.0 Å². The number of likely N-dealkylation sites (tertiary alicyclic amines) is 1. The predicted octanol–water partition coefficient (Wildman–Crippen LogP) is 6.58. The van der Waals surface area contributed by atoms with Crippen LogP contribution in [0, 0.1) is 29.5 Å². The van der Waals surface area contributed by atoms with Gasteiger partial charge in [-0.3, -0.25) is 4.79 Å². The number of carbonyl (C=O) groups is 2. The van der Waals surface area contributed by atoms with Crippen LogP contribution >= 0.6 is 23.2 Å². The number of alkyl halides is 2. The minimum absolute atomic E-state index is 0.0410. The van der Waals surface area contributed by atoms with E-state index in [0.29, 0.717) is 5.56 Å². The van der Waals surface area contributed by atoms with Crippen molar-refractivity contribution in [2.45, 2.75) is 63.6 Å². The zero-order valence-corrected chi connectivity index (χ0v) is 22.2. The first kappa shape index (κ1) is 29.7. The van der Waals surface area contributed by atoms with Crippen molar-refractivity contribution >= 4 is 35.1 Å². The Morgan fingerprint density at radius 1 is 1.18 bits per heavy atom. The van der Waals surface area contributed by atoms with Gasteiger partial charge < -0.3 is 5.11 Å². The molecule has 0 aromatic heterocycles. The Bertz CT molecular complexity index is 1310. The molecule has 0 radical (unpaired) electrons. The first-order valence-electron chi connectivity index (χ1n) is 11.4. The van der Waals surface area contributed by atoms with Gasteiger partial charge in [-0.15, -0.1) is 0 Å². The number of aliphatic carboxylic acids is 1. The quantitative estimate of drug-likeness (QED) is 0.309. The molecule has 4 atom stereocenters. The Kier molecular flexibility index (Phi) is 8.09.